The van der Waals surface area contributed by atoms with E-state index in [2.05, 4.69) is 49.2 Å². The zero-order valence-electron chi connectivity index (χ0n) is 17.8. The van der Waals surface area contributed by atoms with Crippen LogP contribution in [0.5, 0.6) is 0 Å². The van der Waals surface area contributed by atoms with Crippen LogP contribution in [0.15, 0.2) is 21.5 Å². The maximum absolute atomic E-state index is 6.00. The topological polar surface area (TPSA) is 63.1 Å². The Kier molecular flexibility index (Phi) is 8.96. The van der Waals surface area contributed by atoms with Crippen LogP contribution in [-0.2, 0) is 12.8 Å². The summed E-state index contributed by atoms with van der Waals surface area (Å²) in [6.07, 6.45) is 14.2. The first-order valence-corrected chi connectivity index (χ1v) is 10.9. The van der Waals surface area contributed by atoms with Crippen molar-refractivity contribution in [2.45, 2.75) is 91.9 Å². The quantitative estimate of drug-likeness (QED) is 0.483. The molecule has 0 saturated heterocycles. The van der Waals surface area contributed by atoms with E-state index in [1.807, 2.05) is 0 Å². The summed E-state index contributed by atoms with van der Waals surface area (Å²) in [6.45, 7) is 9.20. The summed E-state index contributed by atoms with van der Waals surface area (Å²) in [5, 5.41) is 14.2. The highest BCUT2D eigenvalue weighted by Gasteiger charge is 2.13. The molecule has 0 saturated carbocycles. The first kappa shape index (κ1) is 21.6. The van der Waals surface area contributed by atoms with Gasteiger partial charge in [-0.05, 0) is 59.9 Å². The van der Waals surface area contributed by atoms with Crippen molar-refractivity contribution in [3.05, 3.63) is 27.8 Å². The van der Waals surface area contributed by atoms with Crippen molar-refractivity contribution >= 4 is 11.9 Å². The molecule has 0 fully saturated rings. The number of nitrogens with zero attached hydrogens (tertiary/aromatic N) is 3. The molecule has 2 N–H and O–H groups in total. The van der Waals surface area contributed by atoms with Crippen LogP contribution >= 0.6 is 0 Å². The van der Waals surface area contributed by atoms with E-state index in [-0.39, 0.29) is 0 Å². The molecule has 0 bridgehead atoms. The molecular weight excluding hydrogens is 332 g/mol. The molecule has 1 heterocycles. The number of aryl methyl sites for hydroxylation is 1. The molecule has 150 valence electrons. The van der Waals surface area contributed by atoms with E-state index in [1.165, 1.54) is 62.5 Å². The van der Waals surface area contributed by atoms with Gasteiger partial charge in [0.15, 0.2) is 0 Å². The molecule has 2 rings (SSSR count). The number of nitrogens with two attached hydrogens (primary N) is 1. The molecule has 0 radical (unpaired) electrons. The Morgan fingerprint density at radius 3 is 2.11 bits per heavy atom. The minimum Gasteiger partial charge on any atom is -0.404 e. The average Bonchev–Trinajstić information content (AvgIpc) is 3.08. The predicted octanol–water partition coefficient (Wildman–Crippen LogP) is 5.53. The Morgan fingerprint density at radius 2 is 1.52 bits per heavy atom. The smallest absolute Gasteiger partial charge is 0.124 e. The van der Waals surface area contributed by atoms with Crippen LogP contribution in [0.25, 0.3) is 6.20 Å². The lowest BCUT2D eigenvalue weighted by Gasteiger charge is -2.12. The van der Waals surface area contributed by atoms with Crippen LogP contribution in [0.3, 0.4) is 0 Å². The molecule has 1 aliphatic heterocycles. The average molecular weight is 371 g/mol. The van der Waals surface area contributed by atoms with Crippen LogP contribution < -0.4 is 16.3 Å². The Hall–Kier alpha value is -1.71. The number of fused-ring (bicyclic) bond motifs is 1. The van der Waals surface area contributed by atoms with Gasteiger partial charge in [0.2, 0.25) is 0 Å². The van der Waals surface area contributed by atoms with Gasteiger partial charge in [0.1, 0.15) is 11.0 Å². The van der Waals surface area contributed by atoms with Crippen LogP contribution in [0.4, 0.5) is 5.69 Å². The standard InChI is InChI=1S/C23H38N4/c1-17(2)11-7-5-9-13-19-15-22-23(26-27-25-22)21(16-24)20(19)14-10-6-8-12-18(3)4/h15-18H,5-14,24H2,1-4H3. The first-order valence-electron chi connectivity index (χ1n) is 10.9. The van der Waals surface area contributed by atoms with Crippen LogP contribution in [0, 0.1) is 11.8 Å². The van der Waals surface area contributed by atoms with E-state index in [4.69, 9.17) is 5.73 Å². The first-order chi connectivity index (χ1) is 13.0. The Bertz CT molecular complexity index is 732. The Morgan fingerprint density at radius 1 is 0.889 bits per heavy atom. The van der Waals surface area contributed by atoms with Gasteiger partial charge < -0.3 is 5.73 Å². The molecule has 0 amide bonds. The highest BCUT2D eigenvalue weighted by Crippen LogP contribution is 2.20. The number of unbranched alkanes of at least 4 members (excludes halogenated alkanes) is 4. The van der Waals surface area contributed by atoms with Gasteiger partial charge in [-0.1, -0.05) is 66.2 Å². The van der Waals surface area contributed by atoms with Gasteiger partial charge >= 0.3 is 0 Å². The maximum Gasteiger partial charge on any atom is 0.124 e. The van der Waals surface area contributed by atoms with Crippen molar-refractivity contribution in [3.8, 4) is 0 Å². The third kappa shape index (κ3) is 6.75. The second-order valence-corrected chi connectivity index (χ2v) is 8.74. The summed E-state index contributed by atoms with van der Waals surface area (Å²) in [5.74, 6) is 1.59. The summed E-state index contributed by atoms with van der Waals surface area (Å²) < 4.78 is 0. The van der Waals surface area contributed by atoms with E-state index in [9.17, 15) is 0 Å². The molecule has 1 aliphatic rings. The van der Waals surface area contributed by atoms with E-state index in [0.29, 0.717) is 0 Å². The van der Waals surface area contributed by atoms with Gasteiger partial charge in [-0.2, -0.15) is 0 Å². The molecule has 4 heteroatoms. The summed E-state index contributed by atoms with van der Waals surface area (Å²) in [6, 6.07) is 2.20. The Labute approximate surface area is 165 Å². The molecule has 1 aromatic rings. The lowest BCUT2D eigenvalue weighted by atomic mass is 9.93. The fourth-order valence-corrected chi connectivity index (χ4v) is 3.84. The third-order valence-electron chi connectivity index (χ3n) is 5.42. The summed E-state index contributed by atoms with van der Waals surface area (Å²) in [4.78, 5) is 0. The highest BCUT2D eigenvalue weighted by atomic mass is 15.4. The summed E-state index contributed by atoms with van der Waals surface area (Å²) in [7, 11) is 0. The zero-order chi connectivity index (χ0) is 19.6. The normalized spacial score (nSPS) is 13.6. The second kappa shape index (κ2) is 11.2. The number of hydrogen-bond donors (Lipinski definition) is 1. The van der Waals surface area contributed by atoms with Crippen molar-refractivity contribution in [1.82, 2.24) is 0 Å². The fraction of sp³-hybridized carbons (Fsp3) is 0.696. The molecular formula is C23H38N4. The SMILES string of the molecule is CC(C)CCCCCc1cc2c(c(=CN)c1CCCCCC(C)C)=NN=N2. The summed E-state index contributed by atoms with van der Waals surface area (Å²) in [5.41, 5.74) is 9.66. The molecule has 4 nitrogen and oxygen atoms in total. The number of rotatable bonds is 12. The highest BCUT2D eigenvalue weighted by molar-refractivity contribution is 5.48. The third-order valence-corrected chi connectivity index (χ3v) is 5.42. The molecule has 1 aromatic carbocycles. The van der Waals surface area contributed by atoms with Crippen molar-refractivity contribution < 1.29 is 0 Å². The van der Waals surface area contributed by atoms with E-state index < -0.39 is 0 Å². The lowest BCUT2D eigenvalue weighted by molar-refractivity contribution is 0.523. The molecule has 0 aromatic heterocycles. The van der Waals surface area contributed by atoms with Gasteiger partial charge in [0.25, 0.3) is 0 Å². The largest absolute Gasteiger partial charge is 0.404 e. The van der Waals surface area contributed by atoms with Crippen molar-refractivity contribution in [2.75, 3.05) is 0 Å². The van der Waals surface area contributed by atoms with E-state index >= 15 is 0 Å². The minimum atomic E-state index is 0.793. The van der Waals surface area contributed by atoms with Crippen molar-refractivity contribution in [3.63, 3.8) is 0 Å². The molecule has 0 spiro atoms. The monoisotopic (exact) mass is 370 g/mol. The fourth-order valence-electron chi connectivity index (χ4n) is 3.84. The van der Waals surface area contributed by atoms with Gasteiger partial charge in [0, 0.05) is 11.4 Å². The van der Waals surface area contributed by atoms with E-state index in [0.717, 1.165) is 40.9 Å². The maximum atomic E-state index is 6.00. The number of benzene rings is 1. The molecule has 0 unspecified atom stereocenters. The second-order valence-electron chi connectivity index (χ2n) is 8.74. The predicted molar refractivity (Wildman–Crippen MR) is 114 cm³/mol. The Balaban J connectivity index is 2.07. The molecule has 0 atom stereocenters. The van der Waals surface area contributed by atoms with Gasteiger partial charge in [0.05, 0.1) is 0 Å². The van der Waals surface area contributed by atoms with Gasteiger partial charge in [-0.15, -0.1) is 10.2 Å². The van der Waals surface area contributed by atoms with Gasteiger partial charge in [-0.3, -0.25) is 0 Å². The summed E-state index contributed by atoms with van der Waals surface area (Å²) >= 11 is 0. The zero-order valence-corrected chi connectivity index (χ0v) is 17.8. The van der Waals surface area contributed by atoms with Crippen LogP contribution in [0.1, 0.15) is 90.2 Å². The number of hydrogen-bond acceptors (Lipinski definition) is 4. The van der Waals surface area contributed by atoms with Gasteiger partial charge in [-0.25, -0.2) is 0 Å². The minimum absolute atomic E-state index is 0.793. The molecule has 27 heavy (non-hydrogen) atoms. The van der Waals surface area contributed by atoms with Crippen LogP contribution in [-0.4, -0.2) is 0 Å². The lowest BCUT2D eigenvalue weighted by Crippen LogP contribution is -2.31. The van der Waals surface area contributed by atoms with E-state index in [1.54, 1.807) is 6.20 Å². The molecule has 0 aliphatic carbocycles. The van der Waals surface area contributed by atoms with Crippen molar-refractivity contribution in [1.29, 1.82) is 0 Å². The van der Waals surface area contributed by atoms with Crippen molar-refractivity contribution in [2.24, 2.45) is 33.0 Å². The van der Waals surface area contributed by atoms with Crippen LogP contribution in [0.2, 0.25) is 0 Å².